The van der Waals surface area contributed by atoms with E-state index in [9.17, 15) is 9.18 Å². The van der Waals surface area contributed by atoms with Gasteiger partial charge in [-0.05, 0) is 44.4 Å². The highest BCUT2D eigenvalue weighted by atomic mass is 19.1. The van der Waals surface area contributed by atoms with Crippen molar-refractivity contribution in [1.82, 2.24) is 24.5 Å². The van der Waals surface area contributed by atoms with Gasteiger partial charge in [0.1, 0.15) is 22.7 Å². The van der Waals surface area contributed by atoms with E-state index in [0.29, 0.717) is 72.6 Å². The Labute approximate surface area is 231 Å². The Balaban J connectivity index is 1.32. The third kappa shape index (κ3) is 5.21. The summed E-state index contributed by atoms with van der Waals surface area (Å²) >= 11 is 0. The molecule has 4 aromatic rings. The monoisotopic (exact) mass is 545 g/mol. The highest BCUT2D eigenvalue weighted by molar-refractivity contribution is 5.75. The Hall–Kier alpha value is -4.12. The van der Waals surface area contributed by atoms with Crippen LogP contribution in [0.25, 0.3) is 11.2 Å². The second-order valence-corrected chi connectivity index (χ2v) is 10.2. The van der Waals surface area contributed by atoms with Gasteiger partial charge in [0.05, 0.1) is 24.5 Å². The largest absolute Gasteiger partial charge is 0.446 e. The molecular formula is C29H32FN7O3. The second kappa shape index (κ2) is 11.2. The zero-order valence-corrected chi connectivity index (χ0v) is 22.7. The van der Waals surface area contributed by atoms with Crippen molar-refractivity contribution in [1.29, 1.82) is 0 Å². The number of ether oxygens (including phenoxy) is 2. The first kappa shape index (κ1) is 26.1. The Bertz CT molecular complexity index is 1560. The molecule has 11 heteroatoms. The summed E-state index contributed by atoms with van der Waals surface area (Å²) in [6.45, 7) is 6.81. The van der Waals surface area contributed by atoms with E-state index in [2.05, 4.69) is 19.9 Å². The molecule has 1 unspecified atom stereocenters. The summed E-state index contributed by atoms with van der Waals surface area (Å²) in [4.78, 5) is 36.2. The van der Waals surface area contributed by atoms with Gasteiger partial charge in [-0.1, -0.05) is 12.1 Å². The van der Waals surface area contributed by atoms with E-state index in [4.69, 9.17) is 9.47 Å². The molecule has 10 nitrogen and oxygen atoms in total. The SMILES string of the molecule is Cc1cnc2cc(N3CCN(c4c(C)cccc4F)CC3)c(=O)n(Cc3nccnc3OC3CCCCO3)c2n1. The van der Waals surface area contributed by atoms with Gasteiger partial charge in [0.25, 0.3) is 5.56 Å². The summed E-state index contributed by atoms with van der Waals surface area (Å²) in [5.41, 5.74) is 4.14. The molecule has 0 saturated carbocycles. The molecule has 0 spiro atoms. The van der Waals surface area contributed by atoms with E-state index in [1.165, 1.54) is 6.07 Å². The number of fused-ring (bicyclic) bond motifs is 1. The van der Waals surface area contributed by atoms with Gasteiger partial charge in [0, 0.05) is 51.2 Å². The van der Waals surface area contributed by atoms with Crippen LogP contribution in [-0.4, -0.2) is 63.6 Å². The molecule has 6 rings (SSSR count). The van der Waals surface area contributed by atoms with Crippen LogP contribution in [0, 0.1) is 19.7 Å². The first-order valence-electron chi connectivity index (χ1n) is 13.7. The highest BCUT2D eigenvalue weighted by Crippen LogP contribution is 2.27. The summed E-state index contributed by atoms with van der Waals surface area (Å²) < 4.78 is 28.0. The van der Waals surface area contributed by atoms with Crippen LogP contribution in [0.2, 0.25) is 0 Å². The number of para-hydroxylation sites is 1. The molecule has 2 saturated heterocycles. The van der Waals surface area contributed by atoms with Gasteiger partial charge in [0.15, 0.2) is 5.65 Å². The predicted molar refractivity (Wildman–Crippen MR) is 149 cm³/mol. The fourth-order valence-electron chi connectivity index (χ4n) is 5.41. The van der Waals surface area contributed by atoms with Gasteiger partial charge < -0.3 is 19.3 Å². The molecule has 0 aliphatic carbocycles. The van der Waals surface area contributed by atoms with Crippen molar-refractivity contribution in [3.05, 3.63) is 76.0 Å². The van der Waals surface area contributed by atoms with E-state index in [1.54, 1.807) is 35.3 Å². The minimum Gasteiger partial charge on any atom is -0.446 e. The summed E-state index contributed by atoms with van der Waals surface area (Å²) in [7, 11) is 0. The number of aromatic nitrogens is 5. The van der Waals surface area contributed by atoms with Gasteiger partial charge in [-0.2, -0.15) is 0 Å². The summed E-state index contributed by atoms with van der Waals surface area (Å²) in [5.74, 6) is 0.113. The van der Waals surface area contributed by atoms with Crippen molar-refractivity contribution in [3.63, 3.8) is 0 Å². The number of aryl methyl sites for hydroxylation is 2. The lowest BCUT2D eigenvalue weighted by atomic mass is 10.1. The molecule has 0 bridgehead atoms. The predicted octanol–water partition coefficient (Wildman–Crippen LogP) is 3.62. The molecule has 5 heterocycles. The maximum Gasteiger partial charge on any atom is 0.276 e. The molecule has 3 aromatic heterocycles. The molecule has 1 aromatic carbocycles. The lowest BCUT2D eigenvalue weighted by molar-refractivity contribution is -0.108. The van der Waals surface area contributed by atoms with Crippen LogP contribution < -0.4 is 20.1 Å². The van der Waals surface area contributed by atoms with Gasteiger partial charge in [-0.3, -0.25) is 19.3 Å². The third-order valence-electron chi connectivity index (χ3n) is 7.44. The summed E-state index contributed by atoms with van der Waals surface area (Å²) in [6, 6.07) is 6.93. The fraction of sp³-hybridized carbons (Fsp3) is 0.414. The number of hydrogen-bond acceptors (Lipinski definition) is 9. The van der Waals surface area contributed by atoms with E-state index in [0.717, 1.165) is 24.8 Å². The maximum atomic E-state index is 14.6. The standard InChI is InChI=1S/C29H32FN7O3/c1-19-6-5-7-21(30)26(19)36-13-11-35(12-14-36)24-16-22-27(34-20(2)17-33-22)37(29(24)38)18-23-28(32-10-9-31-23)40-25-8-3-4-15-39-25/h5-7,9-10,16-17,25H,3-4,8,11-15,18H2,1-2H3. The Morgan fingerprint density at radius 2 is 1.85 bits per heavy atom. The average Bonchev–Trinajstić information content (AvgIpc) is 2.96. The maximum absolute atomic E-state index is 14.6. The van der Waals surface area contributed by atoms with Crippen molar-refractivity contribution in [2.24, 2.45) is 0 Å². The molecule has 208 valence electrons. The lowest BCUT2D eigenvalue weighted by Gasteiger charge is -2.37. The Morgan fingerprint density at radius 1 is 1.05 bits per heavy atom. The second-order valence-electron chi connectivity index (χ2n) is 10.2. The molecule has 2 aliphatic rings. The molecule has 2 aliphatic heterocycles. The van der Waals surface area contributed by atoms with Gasteiger partial charge >= 0.3 is 0 Å². The molecule has 0 N–H and O–H groups in total. The number of anilines is 2. The normalized spacial score (nSPS) is 17.8. The number of piperazine rings is 1. The number of hydrogen-bond donors (Lipinski definition) is 0. The van der Waals surface area contributed by atoms with Crippen LogP contribution in [0.3, 0.4) is 0 Å². The number of benzene rings is 1. The zero-order valence-electron chi connectivity index (χ0n) is 22.7. The van der Waals surface area contributed by atoms with Crippen LogP contribution in [0.4, 0.5) is 15.8 Å². The van der Waals surface area contributed by atoms with Gasteiger partial charge in [-0.15, -0.1) is 0 Å². The molecule has 1 atom stereocenters. The first-order chi connectivity index (χ1) is 19.5. The number of pyridine rings is 1. The van der Waals surface area contributed by atoms with E-state index >= 15 is 0 Å². The minimum absolute atomic E-state index is 0.117. The number of rotatable bonds is 6. The zero-order chi connectivity index (χ0) is 27.6. The van der Waals surface area contributed by atoms with E-state index < -0.39 is 0 Å². The number of halogens is 1. The first-order valence-corrected chi connectivity index (χ1v) is 13.7. The molecular weight excluding hydrogens is 513 g/mol. The smallest absolute Gasteiger partial charge is 0.276 e. The van der Waals surface area contributed by atoms with Crippen LogP contribution in [0.15, 0.2) is 47.7 Å². The van der Waals surface area contributed by atoms with Crippen molar-refractivity contribution in [2.45, 2.75) is 45.9 Å². The Morgan fingerprint density at radius 3 is 2.62 bits per heavy atom. The van der Waals surface area contributed by atoms with Crippen molar-refractivity contribution in [3.8, 4) is 5.88 Å². The van der Waals surface area contributed by atoms with Crippen molar-refractivity contribution >= 4 is 22.5 Å². The van der Waals surface area contributed by atoms with Gasteiger partial charge in [-0.25, -0.2) is 14.4 Å². The van der Waals surface area contributed by atoms with Crippen molar-refractivity contribution in [2.75, 3.05) is 42.6 Å². The molecule has 0 amide bonds. The quantitative estimate of drug-likeness (QED) is 0.360. The lowest BCUT2D eigenvalue weighted by Crippen LogP contribution is -2.49. The molecule has 0 radical (unpaired) electrons. The van der Waals surface area contributed by atoms with Crippen LogP contribution in [0.5, 0.6) is 5.88 Å². The minimum atomic E-state index is -0.388. The highest BCUT2D eigenvalue weighted by Gasteiger charge is 2.25. The molecule has 40 heavy (non-hydrogen) atoms. The molecule has 2 fully saturated rings. The fourth-order valence-corrected chi connectivity index (χ4v) is 5.41. The summed E-state index contributed by atoms with van der Waals surface area (Å²) in [6.07, 6.45) is 7.26. The van der Waals surface area contributed by atoms with Crippen LogP contribution in [-0.2, 0) is 11.3 Å². The van der Waals surface area contributed by atoms with E-state index in [-0.39, 0.29) is 24.2 Å². The summed E-state index contributed by atoms with van der Waals surface area (Å²) in [5, 5.41) is 0. The average molecular weight is 546 g/mol. The van der Waals surface area contributed by atoms with Crippen LogP contribution in [0.1, 0.15) is 36.2 Å². The van der Waals surface area contributed by atoms with Crippen molar-refractivity contribution < 1.29 is 13.9 Å². The van der Waals surface area contributed by atoms with E-state index in [1.807, 2.05) is 29.7 Å². The number of nitrogens with zero attached hydrogens (tertiary/aromatic N) is 7. The van der Waals surface area contributed by atoms with Gasteiger partial charge in [0.2, 0.25) is 12.2 Å². The topological polar surface area (TPSA) is 98.5 Å². The third-order valence-corrected chi connectivity index (χ3v) is 7.44. The Kier molecular flexibility index (Phi) is 7.29. The van der Waals surface area contributed by atoms with Crippen LogP contribution >= 0.6 is 0 Å².